The minimum Gasteiger partial charge on any atom is -0.436 e. The van der Waals surface area contributed by atoms with Crippen molar-refractivity contribution in [2.24, 2.45) is 5.92 Å². The number of rotatable bonds is 6. The van der Waals surface area contributed by atoms with Crippen molar-refractivity contribution in [3.05, 3.63) is 36.7 Å². The standard InChI is InChI=1S/C25H26N6O4/c1-26-23-18-10-27-22(30-24(33)14-2-3-14)9-17(18)19(11-28-23)25-29-20-8-15(4-5-21(20)35-25)31-6-7-34-16(12-31)13-32/h4-5,8-11,14,16,32H,2-3,6-7,12-13H2,1H3,(H,26,28)(H,27,30,33). The number of oxazole rings is 1. The Balaban J connectivity index is 1.38. The Labute approximate surface area is 201 Å². The lowest BCUT2D eigenvalue weighted by atomic mass is 10.1. The molecule has 1 aromatic carbocycles. The summed E-state index contributed by atoms with van der Waals surface area (Å²) in [5.41, 5.74) is 3.11. The van der Waals surface area contributed by atoms with Gasteiger partial charge < -0.3 is 29.8 Å². The maximum Gasteiger partial charge on any atom is 0.229 e. The summed E-state index contributed by atoms with van der Waals surface area (Å²) in [4.78, 5) is 28.2. The van der Waals surface area contributed by atoms with E-state index in [9.17, 15) is 9.90 Å². The van der Waals surface area contributed by atoms with Crippen LogP contribution in [0.25, 0.3) is 33.3 Å². The number of fused-ring (bicyclic) bond motifs is 2. The highest BCUT2D eigenvalue weighted by molar-refractivity contribution is 6.03. The molecule has 4 aromatic rings. The summed E-state index contributed by atoms with van der Waals surface area (Å²) >= 11 is 0. The number of hydrogen-bond acceptors (Lipinski definition) is 9. The number of ether oxygens (including phenoxy) is 1. The number of nitrogens with zero attached hydrogens (tertiary/aromatic N) is 4. The van der Waals surface area contributed by atoms with E-state index in [1.165, 1.54) is 0 Å². The second kappa shape index (κ2) is 8.79. The van der Waals surface area contributed by atoms with Crippen molar-refractivity contribution in [1.82, 2.24) is 15.0 Å². The minimum absolute atomic E-state index is 0.00207. The fourth-order valence-corrected chi connectivity index (χ4v) is 4.44. The van der Waals surface area contributed by atoms with Gasteiger partial charge in [0.05, 0.1) is 24.9 Å². The average Bonchev–Trinajstić information content (AvgIpc) is 3.67. The molecule has 10 nitrogen and oxygen atoms in total. The maximum absolute atomic E-state index is 12.3. The van der Waals surface area contributed by atoms with Crippen LogP contribution < -0.4 is 15.5 Å². The Bertz CT molecular complexity index is 1420. The SMILES string of the molecule is CNc1ncc(-c2nc3cc(N4CCOC(CO)C4)ccc3o2)c2cc(NC(=O)C3CC3)ncc12. The summed E-state index contributed by atoms with van der Waals surface area (Å²) in [5, 5.41) is 17.1. The Kier molecular flexibility index (Phi) is 5.46. The molecule has 6 rings (SSSR count). The normalized spacial score (nSPS) is 18.2. The topological polar surface area (TPSA) is 126 Å². The molecule has 1 aliphatic carbocycles. The van der Waals surface area contributed by atoms with Crippen molar-refractivity contribution in [3.63, 3.8) is 0 Å². The number of nitrogens with one attached hydrogen (secondary N) is 2. The van der Waals surface area contributed by atoms with E-state index in [-0.39, 0.29) is 24.5 Å². The number of carbonyl (C=O) groups is 1. The van der Waals surface area contributed by atoms with Gasteiger partial charge in [-0.15, -0.1) is 0 Å². The lowest BCUT2D eigenvalue weighted by molar-refractivity contribution is -0.117. The zero-order chi connectivity index (χ0) is 23.9. The van der Waals surface area contributed by atoms with Gasteiger partial charge in [0.2, 0.25) is 11.8 Å². The molecule has 1 unspecified atom stereocenters. The molecule has 1 amide bonds. The first-order chi connectivity index (χ1) is 17.1. The number of aliphatic hydroxyl groups is 1. The van der Waals surface area contributed by atoms with Gasteiger partial charge in [-0.25, -0.2) is 15.0 Å². The van der Waals surface area contributed by atoms with Crippen molar-refractivity contribution in [1.29, 1.82) is 0 Å². The summed E-state index contributed by atoms with van der Waals surface area (Å²) in [5.74, 6) is 1.71. The molecule has 0 radical (unpaired) electrons. The average molecular weight is 475 g/mol. The predicted molar refractivity (Wildman–Crippen MR) is 132 cm³/mol. The van der Waals surface area contributed by atoms with Crippen LogP contribution in [0.2, 0.25) is 0 Å². The van der Waals surface area contributed by atoms with Crippen molar-refractivity contribution >= 4 is 45.1 Å². The van der Waals surface area contributed by atoms with Crippen LogP contribution >= 0.6 is 0 Å². The van der Waals surface area contributed by atoms with Crippen molar-refractivity contribution in [3.8, 4) is 11.5 Å². The van der Waals surface area contributed by atoms with Crippen molar-refractivity contribution in [2.45, 2.75) is 18.9 Å². The van der Waals surface area contributed by atoms with Gasteiger partial charge >= 0.3 is 0 Å². The molecule has 0 spiro atoms. The highest BCUT2D eigenvalue weighted by Gasteiger charge is 2.30. The van der Waals surface area contributed by atoms with Gasteiger partial charge in [-0.3, -0.25) is 4.79 Å². The van der Waals surface area contributed by atoms with Crippen molar-refractivity contribution < 1.29 is 19.1 Å². The Morgan fingerprint density at radius 2 is 2.09 bits per heavy atom. The Morgan fingerprint density at radius 1 is 1.20 bits per heavy atom. The lowest BCUT2D eigenvalue weighted by Gasteiger charge is -2.33. The van der Waals surface area contributed by atoms with Crippen LogP contribution in [0.5, 0.6) is 0 Å². The van der Waals surface area contributed by atoms with Gasteiger partial charge in [0.1, 0.15) is 17.2 Å². The van der Waals surface area contributed by atoms with Crippen LogP contribution in [0, 0.1) is 5.92 Å². The molecule has 1 atom stereocenters. The van der Waals surface area contributed by atoms with E-state index >= 15 is 0 Å². The van der Waals surface area contributed by atoms with Crippen molar-refractivity contribution in [2.75, 3.05) is 48.9 Å². The zero-order valence-corrected chi connectivity index (χ0v) is 19.3. The van der Waals surface area contributed by atoms with Gasteiger partial charge in [0.15, 0.2) is 5.58 Å². The van der Waals surface area contributed by atoms with E-state index in [4.69, 9.17) is 14.1 Å². The van der Waals surface area contributed by atoms with Gasteiger partial charge in [0.25, 0.3) is 0 Å². The van der Waals surface area contributed by atoms with E-state index in [0.29, 0.717) is 41.8 Å². The lowest BCUT2D eigenvalue weighted by Crippen LogP contribution is -2.44. The number of anilines is 3. The summed E-state index contributed by atoms with van der Waals surface area (Å²) in [7, 11) is 1.80. The predicted octanol–water partition coefficient (Wildman–Crippen LogP) is 3.03. The molecule has 1 saturated carbocycles. The second-order valence-electron chi connectivity index (χ2n) is 8.94. The molecular weight excluding hydrogens is 448 g/mol. The molecule has 10 heteroatoms. The maximum atomic E-state index is 12.3. The van der Waals surface area contributed by atoms with Gasteiger partial charge in [-0.05, 0) is 37.1 Å². The smallest absolute Gasteiger partial charge is 0.229 e. The van der Waals surface area contributed by atoms with E-state index in [1.54, 1.807) is 19.4 Å². The van der Waals surface area contributed by atoms with Crippen LogP contribution in [-0.4, -0.2) is 65.4 Å². The molecule has 35 heavy (non-hydrogen) atoms. The van der Waals surface area contributed by atoms with E-state index in [2.05, 4.69) is 25.5 Å². The third-order valence-electron chi connectivity index (χ3n) is 6.52. The molecule has 3 N–H and O–H groups in total. The number of aromatic nitrogens is 3. The number of pyridine rings is 2. The first kappa shape index (κ1) is 21.8. The quantitative estimate of drug-likeness (QED) is 0.387. The number of amides is 1. The second-order valence-corrected chi connectivity index (χ2v) is 8.94. The van der Waals surface area contributed by atoms with E-state index in [0.717, 1.165) is 41.4 Å². The van der Waals surface area contributed by atoms with Crippen LogP contribution in [-0.2, 0) is 9.53 Å². The minimum atomic E-state index is -0.196. The van der Waals surface area contributed by atoms with Crippen LogP contribution in [0.3, 0.4) is 0 Å². The zero-order valence-electron chi connectivity index (χ0n) is 19.3. The molecule has 1 aliphatic heterocycles. The van der Waals surface area contributed by atoms with Crippen LogP contribution in [0.1, 0.15) is 12.8 Å². The fourth-order valence-electron chi connectivity index (χ4n) is 4.44. The summed E-state index contributed by atoms with van der Waals surface area (Å²) in [6.45, 7) is 1.92. The summed E-state index contributed by atoms with van der Waals surface area (Å²) in [6.07, 6.45) is 5.08. The van der Waals surface area contributed by atoms with Gasteiger partial charge in [0, 0.05) is 54.9 Å². The molecular formula is C25H26N6O4. The van der Waals surface area contributed by atoms with E-state index in [1.807, 2.05) is 24.3 Å². The number of benzene rings is 1. The molecule has 3 aromatic heterocycles. The summed E-state index contributed by atoms with van der Waals surface area (Å²) in [6, 6.07) is 7.73. The highest BCUT2D eigenvalue weighted by Crippen LogP contribution is 2.35. The molecule has 0 bridgehead atoms. The van der Waals surface area contributed by atoms with Gasteiger partial charge in [-0.2, -0.15) is 0 Å². The van der Waals surface area contributed by atoms with Crippen LogP contribution in [0.4, 0.5) is 17.3 Å². The highest BCUT2D eigenvalue weighted by atomic mass is 16.5. The third-order valence-corrected chi connectivity index (χ3v) is 6.52. The first-order valence-corrected chi connectivity index (χ1v) is 11.8. The third kappa shape index (κ3) is 4.15. The Morgan fingerprint density at radius 3 is 2.89 bits per heavy atom. The Hall–Kier alpha value is -3.76. The fraction of sp³-hybridized carbons (Fsp3) is 0.360. The molecule has 2 aliphatic rings. The van der Waals surface area contributed by atoms with Gasteiger partial charge in [-0.1, -0.05) is 0 Å². The number of hydrogen-bond donors (Lipinski definition) is 3. The number of aliphatic hydroxyl groups excluding tert-OH is 1. The first-order valence-electron chi connectivity index (χ1n) is 11.8. The molecule has 1 saturated heterocycles. The van der Waals surface area contributed by atoms with E-state index < -0.39 is 0 Å². The molecule has 180 valence electrons. The number of carbonyl (C=O) groups excluding carboxylic acids is 1. The number of morpholine rings is 1. The molecule has 2 fully saturated rings. The molecule has 4 heterocycles. The summed E-state index contributed by atoms with van der Waals surface area (Å²) < 4.78 is 11.7. The monoisotopic (exact) mass is 474 g/mol. The largest absolute Gasteiger partial charge is 0.436 e. The van der Waals surface area contributed by atoms with Crippen LogP contribution in [0.15, 0.2) is 41.1 Å².